The van der Waals surface area contributed by atoms with Crippen LogP contribution in [0.15, 0.2) is 51.7 Å². The van der Waals surface area contributed by atoms with E-state index in [0.717, 1.165) is 13.1 Å². The minimum atomic E-state index is -0.638. The van der Waals surface area contributed by atoms with E-state index in [9.17, 15) is 14.0 Å². The van der Waals surface area contributed by atoms with E-state index in [1.807, 2.05) is 6.92 Å². The Morgan fingerprint density at radius 3 is 2.55 bits per heavy atom. The van der Waals surface area contributed by atoms with Gasteiger partial charge in [0.25, 0.3) is 5.91 Å². The van der Waals surface area contributed by atoms with Gasteiger partial charge in [-0.1, -0.05) is 12.1 Å². The summed E-state index contributed by atoms with van der Waals surface area (Å²) in [4.78, 5) is 30.9. The van der Waals surface area contributed by atoms with Gasteiger partial charge < -0.3 is 18.8 Å². The summed E-state index contributed by atoms with van der Waals surface area (Å²) < 4.78 is 30.6. The first kappa shape index (κ1) is 21.6. The number of ether oxygens (including phenoxy) is 2. The summed E-state index contributed by atoms with van der Waals surface area (Å²) in [5.74, 6) is -0.110. The molecule has 0 saturated carbocycles. The van der Waals surface area contributed by atoms with Crippen LogP contribution in [0.4, 0.5) is 4.39 Å². The van der Waals surface area contributed by atoms with Gasteiger partial charge in [-0.3, -0.25) is 14.5 Å². The third-order valence-electron chi connectivity index (χ3n) is 6.20. The van der Waals surface area contributed by atoms with Crippen molar-refractivity contribution in [2.24, 2.45) is 0 Å². The molecule has 1 atom stereocenters. The number of morpholine rings is 1. The van der Waals surface area contributed by atoms with E-state index in [1.165, 1.54) is 12.1 Å². The SMILES string of the molecule is CCOc1ccc2c(=O)c3c(oc2c1)C(=O)N(CCN1CCOCC1)C3c1ccc(F)cc1. The van der Waals surface area contributed by atoms with Crippen molar-refractivity contribution in [2.75, 3.05) is 46.0 Å². The standard InChI is InChI=1S/C25H25FN2O5/c1-2-32-18-7-8-19-20(15-18)33-24-21(23(19)29)22(16-3-5-17(26)6-4-16)28(25(24)30)10-9-27-11-13-31-14-12-27/h3-8,15,22H,2,9-14H2,1H3. The zero-order valence-electron chi connectivity index (χ0n) is 18.4. The van der Waals surface area contributed by atoms with Gasteiger partial charge in [-0.15, -0.1) is 0 Å². The van der Waals surface area contributed by atoms with Gasteiger partial charge in [-0.05, 0) is 36.8 Å². The number of nitrogens with zero attached hydrogens (tertiary/aromatic N) is 2. The molecule has 3 heterocycles. The van der Waals surface area contributed by atoms with Gasteiger partial charge in [0.05, 0.1) is 36.8 Å². The minimum Gasteiger partial charge on any atom is -0.494 e. The van der Waals surface area contributed by atoms with Crippen LogP contribution in [0, 0.1) is 5.82 Å². The highest BCUT2D eigenvalue weighted by Gasteiger charge is 2.42. The van der Waals surface area contributed by atoms with Gasteiger partial charge in [0, 0.05) is 32.2 Å². The lowest BCUT2D eigenvalue weighted by atomic mass is 9.98. The summed E-state index contributed by atoms with van der Waals surface area (Å²) >= 11 is 0. The zero-order valence-corrected chi connectivity index (χ0v) is 18.4. The van der Waals surface area contributed by atoms with E-state index in [-0.39, 0.29) is 22.9 Å². The molecule has 1 unspecified atom stereocenters. The fourth-order valence-electron chi connectivity index (χ4n) is 4.55. The number of hydrogen-bond acceptors (Lipinski definition) is 6. The lowest BCUT2D eigenvalue weighted by Crippen LogP contribution is -2.42. The summed E-state index contributed by atoms with van der Waals surface area (Å²) in [6.45, 7) is 6.28. The molecule has 1 fully saturated rings. The van der Waals surface area contributed by atoms with Crippen LogP contribution in [-0.4, -0.2) is 61.7 Å². The predicted octanol–water partition coefficient (Wildman–Crippen LogP) is 3.21. The number of amides is 1. The van der Waals surface area contributed by atoms with Gasteiger partial charge in [-0.2, -0.15) is 0 Å². The first-order valence-corrected chi connectivity index (χ1v) is 11.2. The summed E-state index contributed by atoms with van der Waals surface area (Å²) in [5, 5.41) is 0.382. The van der Waals surface area contributed by atoms with E-state index >= 15 is 0 Å². The molecule has 7 nitrogen and oxygen atoms in total. The van der Waals surface area contributed by atoms with Crippen molar-refractivity contribution < 1.29 is 23.1 Å². The molecule has 0 spiro atoms. The van der Waals surface area contributed by atoms with Crippen molar-refractivity contribution in [1.29, 1.82) is 0 Å². The van der Waals surface area contributed by atoms with Gasteiger partial charge in [-0.25, -0.2) is 4.39 Å². The topological polar surface area (TPSA) is 72.2 Å². The zero-order chi connectivity index (χ0) is 22.9. The normalized spacial score (nSPS) is 18.7. The molecule has 1 aromatic heterocycles. The van der Waals surface area contributed by atoms with Crippen LogP contribution < -0.4 is 10.2 Å². The molecule has 8 heteroatoms. The van der Waals surface area contributed by atoms with Crippen LogP contribution in [0.25, 0.3) is 11.0 Å². The molecule has 33 heavy (non-hydrogen) atoms. The Morgan fingerprint density at radius 1 is 1.06 bits per heavy atom. The smallest absolute Gasteiger partial charge is 0.290 e. The Balaban J connectivity index is 1.58. The van der Waals surface area contributed by atoms with Crippen LogP contribution in [0.2, 0.25) is 0 Å². The fourth-order valence-corrected chi connectivity index (χ4v) is 4.55. The molecular formula is C25H25FN2O5. The number of halogens is 1. The first-order valence-electron chi connectivity index (χ1n) is 11.2. The molecule has 2 aromatic carbocycles. The second kappa shape index (κ2) is 8.96. The largest absolute Gasteiger partial charge is 0.494 e. The van der Waals surface area contributed by atoms with E-state index in [4.69, 9.17) is 13.9 Å². The molecule has 2 aliphatic rings. The average molecular weight is 452 g/mol. The number of rotatable bonds is 6. The van der Waals surface area contributed by atoms with Crippen LogP contribution in [-0.2, 0) is 4.74 Å². The molecule has 0 radical (unpaired) electrons. The van der Waals surface area contributed by atoms with Crippen LogP contribution >= 0.6 is 0 Å². The van der Waals surface area contributed by atoms with Gasteiger partial charge >= 0.3 is 0 Å². The second-order valence-corrected chi connectivity index (χ2v) is 8.17. The molecular weight excluding hydrogens is 427 g/mol. The Morgan fingerprint density at radius 2 is 1.82 bits per heavy atom. The van der Waals surface area contributed by atoms with Crippen molar-refractivity contribution in [3.63, 3.8) is 0 Å². The maximum absolute atomic E-state index is 13.6. The van der Waals surface area contributed by atoms with Crippen molar-refractivity contribution in [1.82, 2.24) is 9.80 Å². The Hall–Kier alpha value is -3.23. The van der Waals surface area contributed by atoms with Crippen molar-refractivity contribution >= 4 is 16.9 Å². The summed E-state index contributed by atoms with van der Waals surface area (Å²) in [6, 6.07) is 10.3. The molecule has 172 valence electrons. The third-order valence-corrected chi connectivity index (χ3v) is 6.20. The van der Waals surface area contributed by atoms with Crippen molar-refractivity contribution in [2.45, 2.75) is 13.0 Å². The highest BCUT2D eigenvalue weighted by Crippen LogP contribution is 2.38. The summed E-state index contributed by atoms with van der Waals surface area (Å²) in [5.41, 5.74) is 1.02. The molecule has 0 N–H and O–H groups in total. The van der Waals surface area contributed by atoms with Gasteiger partial charge in [0.15, 0.2) is 5.43 Å². The highest BCUT2D eigenvalue weighted by atomic mass is 19.1. The maximum atomic E-state index is 13.6. The lowest BCUT2D eigenvalue weighted by molar-refractivity contribution is 0.0314. The summed E-state index contributed by atoms with van der Waals surface area (Å²) in [7, 11) is 0. The monoisotopic (exact) mass is 452 g/mol. The fraction of sp³-hybridized carbons (Fsp3) is 0.360. The second-order valence-electron chi connectivity index (χ2n) is 8.17. The Bertz CT molecular complexity index is 1230. The highest BCUT2D eigenvalue weighted by molar-refractivity contribution is 5.99. The summed E-state index contributed by atoms with van der Waals surface area (Å²) in [6.07, 6.45) is 0. The molecule has 0 aliphatic carbocycles. The number of benzene rings is 2. The molecule has 1 amide bonds. The van der Waals surface area contributed by atoms with Gasteiger partial charge in [0.1, 0.15) is 17.1 Å². The third kappa shape index (κ3) is 4.00. The number of fused-ring (bicyclic) bond motifs is 2. The van der Waals surface area contributed by atoms with Crippen molar-refractivity contribution in [3.05, 3.63) is 75.4 Å². The molecule has 5 rings (SSSR count). The Kier molecular flexibility index (Phi) is 5.86. The average Bonchev–Trinajstić information content (AvgIpc) is 3.11. The number of carbonyl (C=O) groups excluding carboxylic acids is 1. The van der Waals surface area contributed by atoms with E-state index in [0.29, 0.717) is 60.8 Å². The van der Waals surface area contributed by atoms with Crippen LogP contribution in [0.1, 0.15) is 34.6 Å². The quantitative estimate of drug-likeness (QED) is 0.572. The van der Waals surface area contributed by atoms with Crippen molar-refractivity contribution in [3.8, 4) is 5.75 Å². The van der Waals surface area contributed by atoms with E-state index < -0.39 is 6.04 Å². The molecule has 2 aliphatic heterocycles. The first-order chi connectivity index (χ1) is 16.1. The lowest BCUT2D eigenvalue weighted by Gasteiger charge is -2.31. The Labute approximate surface area is 190 Å². The van der Waals surface area contributed by atoms with Gasteiger partial charge in [0.2, 0.25) is 5.76 Å². The van der Waals surface area contributed by atoms with E-state index in [1.54, 1.807) is 35.2 Å². The van der Waals surface area contributed by atoms with Crippen LogP contribution in [0.5, 0.6) is 5.75 Å². The predicted molar refractivity (Wildman–Crippen MR) is 120 cm³/mol. The van der Waals surface area contributed by atoms with E-state index in [2.05, 4.69) is 4.90 Å². The maximum Gasteiger partial charge on any atom is 0.290 e. The minimum absolute atomic E-state index is 0.0393. The molecule has 1 saturated heterocycles. The number of hydrogen-bond donors (Lipinski definition) is 0. The number of carbonyl (C=O) groups is 1. The molecule has 0 bridgehead atoms. The van der Waals surface area contributed by atoms with Crippen LogP contribution in [0.3, 0.4) is 0 Å². The molecule has 3 aromatic rings.